The van der Waals surface area contributed by atoms with E-state index in [0.717, 1.165) is 19.0 Å². The highest BCUT2D eigenvalue weighted by Gasteiger charge is 2.20. The molecule has 0 bridgehead atoms. The van der Waals surface area contributed by atoms with Crippen molar-refractivity contribution in [1.29, 1.82) is 0 Å². The molecule has 0 aromatic rings. The van der Waals surface area contributed by atoms with Crippen molar-refractivity contribution < 1.29 is 0 Å². The van der Waals surface area contributed by atoms with Crippen molar-refractivity contribution in [2.45, 2.75) is 40.2 Å². The van der Waals surface area contributed by atoms with Crippen molar-refractivity contribution in [2.24, 2.45) is 16.8 Å². The molecule has 0 amide bonds. The van der Waals surface area contributed by atoms with Crippen LogP contribution in [0, 0.1) is 11.8 Å². The van der Waals surface area contributed by atoms with Crippen LogP contribution in [0.3, 0.4) is 0 Å². The third-order valence-corrected chi connectivity index (χ3v) is 2.99. The zero-order valence-electron chi connectivity index (χ0n) is 9.30. The predicted octanol–water partition coefficient (Wildman–Crippen LogP) is 2.10. The molecule has 0 aromatic carbocycles. The molecule has 2 atom stereocenters. The van der Waals surface area contributed by atoms with Gasteiger partial charge in [-0.25, -0.2) is 0 Å². The number of hydrogen-bond donors (Lipinski definition) is 1. The maximum Gasteiger partial charge on any atom is 0.0649 e. The highest BCUT2D eigenvalue weighted by Crippen LogP contribution is 2.15. The summed E-state index contributed by atoms with van der Waals surface area (Å²) in [6.45, 7) is 11.1. The maximum atomic E-state index is 4.77. The molecule has 76 valence electrons. The Balaban J connectivity index is 2.55. The SMILES string of the molecule is C/C(=N\C1CNCCC1C)C(C)C. The average molecular weight is 182 g/mol. The summed E-state index contributed by atoms with van der Waals surface area (Å²) in [7, 11) is 0. The smallest absolute Gasteiger partial charge is 0.0649 e. The summed E-state index contributed by atoms with van der Waals surface area (Å²) in [5.74, 6) is 1.34. The minimum atomic E-state index is 0.510. The summed E-state index contributed by atoms with van der Waals surface area (Å²) in [6.07, 6.45) is 1.26. The van der Waals surface area contributed by atoms with E-state index in [2.05, 4.69) is 33.0 Å². The van der Waals surface area contributed by atoms with E-state index in [0.29, 0.717) is 12.0 Å². The number of nitrogens with zero attached hydrogens (tertiary/aromatic N) is 1. The second-order valence-electron chi connectivity index (χ2n) is 4.46. The van der Waals surface area contributed by atoms with E-state index in [1.807, 2.05) is 0 Å². The van der Waals surface area contributed by atoms with E-state index in [1.54, 1.807) is 0 Å². The van der Waals surface area contributed by atoms with Gasteiger partial charge in [0.2, 0.25) is 0 Å². The van der Waals surface area contributed by atoms with Gasteiger partial charge in [0.05, 0.1) is 6.04 Å². The molecule has 2 nitrogen and oxygen atoms in total. The van der Waals surface area contributed by atoms with Crippen LogP contribution in [0.4, 0.5) is 0 Å². The Morgan fingerprint density at radius 3 is 2.69 bits per heavy atom. The lowest BCUT2D eigenvalue weighted by atomic mass is 9.95. The molecule has 13 heavy (non-hydrogen) atoms. The Hall–Kier alpha value is -0.370. The molecule has 1 heterocycles. The fraction of sp³-hybridized carbons (Fsp3) is 0.909. The molecule has 1 rings (SSSR count). The topological polar surface area (TPSA) is 24.4 Å². The minimum absolute atomic E-state index is 0.510. The van der Waals surface area contributed by atoms with Gasteiger partial charge in [-0.15, -0.1) is 0 Å². The van der Waals surface area contributed by atoms with Crippen molar-refractivity contribution in [3.8, 4) is 0 Å². The fourth-order valence-electron chi connectivity index (χ4n) is 1.56. The van der Waals surface area contributed by atoms with Gasteiger partial charge in [0, 0.05) is 12.3 Å². The summed E-state index contributed by atoms with van der Waals surface area (Å²) in [4.78, 5) is 4.77. The first-order valence-electron chi connectivity index (χ1n) is 5.36. The number of rotatable bonds is 2. The standard InChI is InChI=1S/C11H22N2/c1-8(2)10(4)13-11-7-12-6-5-9(11)3/h8-9,11-12H,5-7H2,1-4H3/b13-10+. The van der Waals surface area contributed by atoms with Crippen LogP contribution >= 0.6 is 0 Å². The summed E-state index contributed by atoms with van der Waals surface area (Å²) >= 11 is 0. The lowest BCUT2D eigenvalue weighted by Crippen LogP contribution is -2.38. The second kappa shape index (κ2) is 4.75. The summed E-state index contributed by atoms with van der Waals surface area (Å²) < 4.78 is 0. The quantitative estimate of drug-likeness (QED) is 0.650. The Labute approximate surface area is 81.8 Å². The summed E-state index contributed by atoms with van der Waals surface area (Å²) in [6, 6.07) is 0.510. The van der Waals surface area contributed by atoms with Crippen molar-refractivity contribution in [3.63, 3.8) is 0 Å². The zero-order valence-corrected chi connectivity index (χ0v) is 9.30. The predicted molar refractivity (Wildman–Crippen MR) is 58.4 cm³/mol. The van der Waals surface area contributed by atoms with Crippen LogP contribution in [0.15, 0.2) is 4.99 Å². The Kier molecular flexibility index (Phi) is 3.91. The lowest BCUT2D eigenvalue weighted by molar-refractivity contribution is 0.349. The van der Waals surface area contributed by atoms with Crippen LogP contribution in [0.5, 0.6) is 0 Å². The molecule has 1 saturated heterocycles. The molecule has 1 aliphatic heterocycles. The van der Waals surface area contributed by atoms with E-state index in [-0.39, 0.29) is 0 Å². The van der Waals surface area contributed by atoms with Crippen molar-refractivity contribution in [3.05, 3.63) is 0 Å². The van der Waals surface area contributed by atoms with Crippen LogP contribution in [-0.2, 0) is 0 Å². The van der Waals surface area contributed by atoms with Crippen LogP contribution in [0.25, 0.3) is 0 Å². The molecule has 2 heteroatoms. The Morgan fingerprint density at radius 2 is 2.15 bits per heavy atom. The molecule has 1 fully saturated rings. The molecule has 0 radical (unpaired) electrons. The normalized spacial score (nSPS) is 31.0. The van der Waals surface area contributed by atoms with Gasteiger partial charge in [-0.3, -0.25) is 4.99 Å². The molecule has 0 spiro atoms. The van der Waals surface area contributed by atoms with Gasteiger partial charge in [0.25, 0.3) is 0 Å². The van der Waals surface area contributed by atoms with Gasteiger partial charge in [0.15, 0.2) is 0 Å². The third-order valence-electron chi connectivity index (χ3n) is 2.99. The molecular formula is C11H22N2. The van der Waals surface area contributed by atoms with Crippen LogP contribution in [0.1, 0.15) is 34.1 Å². The third kappa shape index (κ3) is 3.11. The molecule has 2 unspecified atom stereocenters. The maximum absolute atomic E-state index is 4.77. The minimum Gasteiger partial charge on any atom is -0.315 e. The van der Waals surface area contributed by atoms with E-state index < -0.39 is 0 Å². The van der Waals surface area contributed by atoms with Gasteiger partial charge in [-0.05, 0) is 31.7 Å². The first-order valence-corrected chi connectivity index (χ1v) is 5.36. The van der Waals surface area contributed by atoms with Crippen molar-refractivity contribution >= 4 is 5.71 Å². The van der Waals surface area contributed by atoms with Gasteiger partial charge < -0.3 is 5.32 Å². The van der Waals surface area contributed by atoms with Crippen LogP contribution < -0.4 is 5.32 Å². The molecular weight excluding hydrogens is 160 g/mol. The zero-order chi connectivity index (χ0) is 9.84. The molecule has 1 aliphatic rings. The van der Waals surface area contributed by atoms with E-state index in [4.69, 9.17) is 4.99 Å². The van der Waals surface area contributed by atoms with E-state index in [9.17, 15) is 0 Å². The highest BCUT2D eigenvalue weighted by molar-refractivity contribution is 5.83. The first kappa shape index (κ1) is 10.7. The van der Waals surface area contributed by atoms with Gasteiger partial charge in [-0.2, -0.15) is 0 Å². The molecule has 0 aromatic heterocycles. The number of nitrogens with one attached hydrogen (secondary N) is 1. The summed E-state index contributed by atoms with van der Waals surface area (Å²) in [5, 5.41) is 3.40. The van der Waals surface area contributed by atoms with Crippen LogP contribution in [-0.4, -0.2) is 24.8 Å². The Morgan fingerprint density at radius 1 is 1.46 bits per heavy atom. The second-order valence-corrected chi connectivity index (χ2v) is 4.46. The van der Waals surface area contributed by atoms with Gasteiger partial charge >= 0.3 is 0 Å². The van der Waals surface area contributed by atoms with E-state index >= 15 is 0 Å². The average Bonchev–Trinajstić information content (AvgIpc) is 2.08. The number of hydrogen-bond acceptors (Lipinski definition) is 2. The van der Waals surface area contributed by atoms with Crippen LogP contribution in [0.2, 0.25) is 0 Å². The first-order chi connectivity index (χ1) is 6.11. The van der Waals surface area contributed by atoms with Gasteiger partial charge in [-0.1, -0.05) is 20.8 Å². The monoisotopic (exact) mass is 182 g/mol. The highest BCUT2D eigenvalue weighted by atomic mass is 15.0. The van der Waals surface area contributed by atoms with Gasteiger partial charge in [0.1, 0.15) is 0 Å². The van der Waals surface area contributed by atoms with E-state index in [1.165, 1.54) is 12.1 Å². The largest absolute Gasteiger partial charge is 0.315 e. The van der Waals surface area contributed by atoms with Crippen molar-refractivity contribution in [1.82, 2.24) is 5.32 Å². The van der Waals surface area contributed by atoms with Crippen molar-refractivity contribution in [2.75, 3.05) is 13.1 Å². The molecule has 1 N–H and O–H groups in total. The Bertz CT molecular complexity index is 185. The summed E-state index contributed by atoms with van der Waals surface area (Å²) in [5.41, 5.74) is 1.29. The lowest BCUT2D eigenvalue weighted by Gasteiger charge is -2.27. The number of aliphatic imine (C=N–C) groups is 1. The fourth-order valence-corrected chi connectivity index (χ4v) is 1.56. The molecule has 0 aliphatic carbocycles. The number of piperidine rings is 1. The molecule has 0 saturated carbocycles.